The van der Waals surface area contributed by atoms with Gasteiger partial charge in [-0.05, 0) is 71.2 Å². The molecule has 4 nitrogen and oxygen atoms in total. The molecule has 1 N–H and O–H groups in total. The lowest BCUT2D eigenvalue weighted by atomic mass is 9.93. The number of likely N-dealkylation sites (tertiary alicyclic amines) is 1. The van der Waals surface area contributed by atoms with E-state index >= 15 is 0 Å². The number of carbonyl (C=O) groups excluding carboxylic acids is 1. The summed E-state index contributed by atoms with van der Waals surface area (Å²) in [6.45, 7) is 5.38. The van der Waals surface area contributed by atoms with Gasteiger partial charge in [-0.25, -0.2) is 0 Å². The maximum absolute atomic E-state index is 12.3. The number of piperidine rings is 2. The summed E-state index contributed by atoms with van der Waals surface area (Å²) in [6, 6.07) is 0. The van der Waals surface area contributed by atoms with Crippen molar-refractivity contribution in [2.75, 3.05) is 46.8 Å². The molecule has 0 saturated carbocycles. The predicted molar refractivity (Wildman–Crippen MR) is 78.1 cm³/mol. The summed E-state index contributed by atoms with van der Waals surface area (Å²) < 4.78 is 0. The Labute approximate surface area is 117 Å². The van der Waals surface area contributed by atoms with Crippen molar-refractivity contribution in [2.45, 2.75) is 32.1 Å². The van der Waals surface area contributed by atoms with E-state index in [9.17, 15) is 4.79 Å². The average Bonchev–Trinajstić information content (AvgIpc) is 2.46. The summed E-state index contributed by atoms with van der Waals surface area (Å²) >= 11 is 0. The highest BCUT2D eigenvalue weighted by Crippen LogP contribution is 2.21. The Morgan fingerprint density at radius 3 is 2.47 bits per heavy atom. The van der Waals surface area contributed by atoms with Gasteiger partial charge in [-0.1, -0.05) is 0 Å². The van der Waals surface area contributed by atoms with E-state index in [0.29, 0.717) is 5.91 Å². The van der Waals surface area contributed by atoms with Crippen molar-refractivity contribution in [1.29, 1.82) is 0 Å². The zero-order valence-electron chi connectivity index (χ0n) is 12.5. The zero-order chi connectivity index (χ0) is 13.7. The highest BCUT2D eigenvalue weighted by Gasteiger charge is 2.24. The van der Waals surface area contributed by atoms with Crippen LogP contribution in [0.3, 0.4) is 0 Å². The number of nitrogens with zero attached hydrogens (tertiary/aromatic N) is 2. The van der Waals surface area contributed by atoms with E-state index in [1.165, 1.54) is 32.4 Å². The van der Waals surface area contributed by atoms with Crippen molar-refractivity contribution in [1.82, 2.24) is 15.1 Å². The van der Waals surface area contributed by atoms with Crippen LogP contribution in [0.2, 0.25) is 0 Å². The summed E-state index contributed by atoms with van der Waals surface area (Å²) in [5.41, 5.74) is 0. The fourth-order valence-corrected chi connectivity index (χ4v) is 3.22. The molecule has 2 saturated heterocycles. The molecule has 19 heavy (non-hydrogen) atoms. The van der Waals surface area contributed by atoms with E-state index < -0.39 is 0 Å². The third-order valence-electron chi connectivity index (χ3n) is 4.78. The molecule has 0 bridgehead atoms. The van der Waals surface area contributed by atoms with Gasteiger partial charge in [0.1, 0.15) is 0 Å². The fourth-order valence-electron chi connectivity index (χ4n) is 3.22. The molecule has 0 radical (unpaired) electrons. The van der Waals surface area contributed by atoms with Crippen LogP contribution >= 0.6 is 0 Å². The van der Waals surface area contributed by atoms with Crippen LogP contribution in [-0.2, 0) is 4.79 Å². The van der Waals surface area contributed by atoms with Gasteiger partial charge >= 0.3 is 0 Å². The Morgan fingerprint density at radius 1 is 1.21 bits per heavy atom. The third kappa shape index (κ3) is 4.46. The average molecular weight is 267 g/mol. The summed E-state index contributed by atoms with van der Waals surface area (Å²) in [4.78, 5) is 16.7. The van der Waals surface area contributed by atoms with Crippen LogP contribution in [0.15, 0.2) is 0 Å². The van der Waals surface area contributed by atoms with Crippen molar-refractivity contribution in [3.05, 3.63) is 0 Å². The maximum atomic E-state index is 12.3. The Bertz CT molecular complexity index is 281. The Morgan fingerprint density at radius 2 is 1.84 bits per heavy atom. The number of nitrogens with one attached hydrogen (secondary N) is 1. The van der Waals surface area contributed by atoms with Gasteiger partial charge in [0.15, 0.2) is 0 Å². The van der Waals surface area contributed by atoms with Gasteiger partial charge in [-0.15, -0.1) is 0 Å². The highest BCUT2D eigenvalue weighted by atomic mass is 16.2. The number of rotatable bonds is 4. The largest absolute Gasteiger partial charge is 0.346 e. The summed E-state index contributed by atoms with van der Waals surface area (Å²) in [5, 5.41) is 3.32. The predicted octanol–water partition coefficient (Wildman–Crippen LogP) is 1.18. The summed E-state index contributed by atoms with van der Waals surface area (Å²) in [7, 11) is 4.18. The first-order valence-corrected chi connectivity index (χ1v) is 7.81. The van der Waals surface area contributed by atoms with Gasteiger partial charge in [0.2, 0.25) is 5.91 Å². The van der Waals surface area contributed by atoms with Gasteiger partial charge < -0.3 is 15.1 Å². The lowest BCUT2D eigenvalue weighted by Crippen LogP contribution is -2.40. The highest BCUT2D eigenvalue weighted by molar-refractivity contribution is 5.78. The van der Waals surface area contributed by atoms with Gasteiger partial charge in [0.25, 0.3) is 0 Å². The first kappa shape index (κ1) is 14.8. The molecule has 0 atom stereocenters. The van der Waals surface area contributed by atoms with E-state index in [1.807, 2.05) is 11.9 Å². The molecule has 2 aliphatic heterocycles. The van der Waals surface area contributed by atoms with Crippen LogP contribution < -0.4 is 5.32 Å². The monoisotopic (exact) mass is 267 g/mol. The molecule has 4 heteroatoms. The van der Waals surface area contributed by atoms with E-state index in [0.717, 1.165) is 38.4 Å². The molecule has 0 aromatic heterocycles. The maximum Gasteiger partial charge on any atom is 0.225 e. The zero-order valence-corrected chi connectivity index (χ0v) is 12.5. The summed E-state index contributed by atoms with van der Waals surface area (Å²) in [6.07, 6.45) is 5.80. The van der Waals surface area contributed by atoms with Crippen LogP contribution in [0.5, 0.6) is 0 Å². The van der Waals surface area contributed by atoms with Crippen molar-refractivity contribution < 1.29 is 4.79 Å². The molecular weight excluding hydrogens is 238 g/mol. The number of hydrogen-bond donors (Lipinski definition) is 1. The van der Waals surface area contributed by atoms with E-state index in [2.05, 4.69) is 17.3 Å². The SMILES string of the molecule is CN1CCC(CCN(C)C(=O)C2CCNCC2)CC1. The molecule has 0 aliphatic carbocycles. The smallest absolute Gasteiger partial charge is 0.225 e. The minimum absolute atomic E-state index is 0.267. The van der Waals surface area contributed by atoms with Crippen molar-refractivity contribution in [3.8, 4) is 0 Å². The molecule has 0 aromatic rings. The van der Waals surface area contributed by atoms with Crippen molar-refractivity contribution >= 4 is 5.91 Å². The first-order valence-electron chi connectivity index (χ1n) is 7.81. The molecule has 2 fully saturated rings. The van der Waals surface area contributed by atoms with E-state index in [1.54, 1.807) is 0 Å². The Kier molecular flexibility index (Phi) is 5.64. The second-order valence-corrected chi connectivity index (χ2v) is 6.32. The fraction of sp³-hybridized carbons (Fsp3) is 0.933. The lowest BCUT2D eigenvalue weighted by molar-refractivity contribution is -0.135. The minimum Gasteiger partial charge on any atom is -0.346 e. The van der Waals surface area contributed by atoms with Crippen molar-refractivity contribution in [2.24, 2.45) is 11.8 Å². The number of carbonyl (C=O) groups is 1. The Hall–Kier alpha value is -0.610. The molecule has 0 spiro atoms. The summed E-state index contributed by atoms with van der Waals surface area (Å²) in [5.74, 6) is 1.46. The number of amides is 1. The van der Waals surface area contributed by atoms with Gasteiger partial charge in [-0.3, -0.25) is 4.79 Å². The number of hydrogen-bond acceptors (Lipinski definition) is 3. The Balaban J connectivity index is 1.68. The molecule has 1 amide bonds. The molecule has 2 heterocycles. The molecule has 0 unspecified atom stereocenters. The third-order valence-corrected chi connectivity index (χ3v) is 4.78. The molecular formula is C15H29N3O. The normalized spacial score (nSPS) is 23.5. The van der Waals surface area contributed by atoms with Crippen LogP contribution in [0.1, 0.15) is 32.1 Å². The topological polar surface area (TPSA) is 35.6 Å². The lowest BCUT2D eigenvalue weighted by Gasteiger charge is -2.31. The molecule has 2 rings (SSSR count). The van der Waals surface area contributed by atoms with Crippen LogP contribution in [0.4, 0.5) is 0 Å². The van der Waals surface area contributed by atoms with Gasteiger partial charge in [-0.2, -0.15) is 0 Å². The minimum atomic E-state index is 0.267. The van der Waals surface area contributed by atoms with Crippen LogP contribution in [0, 0.1) is 11.8 Å². The van der Waals surface area contributed by atoms with Crippen molar-refractivity contribution in [3.63, 3.8) is 0 Å². The quantitative estimate of drug-likeness (QED) is 0.831. The first-order chi connectivity index (χ1) is 9.16. The van der Waals surface area contributed by atoms with E-state index in [-0.39, 0.29) is 5.92 Å². The van der Waals surface area contributed by atoms with Crippen LogP contribution in [-0.4, -0.2) is 62.5 Å². The molecule has 0 aromatic carbocycles. The second-order valence-electron chi connectivity index (χ2n) is 6.32. The standard InChI is InChI=1S/C15H29N3O/c1-17-10-5-13(6-11-17)7-12-18(2)15(19)14-3-8-16-9-4-14/h13-14,16H,3-12H2,1-2H3. The van der Waals surface area contributed by atoms with Gasteiger partial charge in [0, 0.05) is 19.5 Å². The van der Waals surface area contributed by atoms with E-state index in [4.69, 9.17) is 0 Å². The van der Waals surface area contributed by atoms with Crippen LogP contribution in [0.25, 0.3) is 0 Å². The molecule has 2 aliphatic rings. The molecule has 110 valence electrons. The van der Waals surface area contributed by atoms with Gasteiger partial charge in [0.05, 0.1) is 0 Å². The second kappa shape index (κ2) is 7.25.